The Labute approximate surface area is 128 Å². The lowest BCUT2D eigenvalue weighted by Gasteiger charge is -2.31. The SMILES string of the molecule is CS(=O)(=O)N1CCC(Nc2ncc(C(N)=O)cc2Cl)CC1. The van der Waals surface area contributed by atoms with E-state index in [0.29, 0.717) is 36.8 Å². The Morgan fingerprint density at radius 3 is 2.57 bits per heavy atom. The summed E-state index contributed by atoms with van der Waals surface area (Å²) in [5.41, 5.74) is 5.40. The zero-order valence-electron chi connectivity index (χ0n) is 11.5. The van der Waals surface area contributed by atoms with Gasteiger partial charge in [0.15, 0.2) is 0 Å². The highest BCUT2D eigenvalue weighted by Gasteiger charge is 2.25. The van der Waals surface area contributed by atoms with Crippen molar-refractivity contribution in [1.29, 1.82) is 0 Å². The number of piperidine rings is 1. The standard InChI is InChI=1S/C12H17ClN4O3S/c1-21(19,20)17-4-2-9(3-5-17)16-12-10(13)6-8(7-15-12)11(14)18/h6-7,9H,2-5H2,1H3,(H2,14,18)(H,15,16). The third kappa shape index (κ3) is 4.05. The Bertz CT molecular complexity index is 642. The van der Waals surface area contributed by atoms with Crippen LogP contribution in [-0.2, 0) is 10.0 Å². The molecule has 1 aliphatic rings. The molecule has 1 aromatic heterocycles. The second-order valence-electron chi connectivity index (χ2n) is 5.00. The van der Waals surface area contributed by atoms with Crippen LogP contribution in [-0.4, -0.2) is 49.0 Å². The highest BCUT2D eigenvalue weighted by atomic mass is 35.5. The summed E-state index contributed by atoms with van der Waals surface area (Å²) >= 11 is 6.05. The predicted octanol–water partition coefficient (Wildman–Crippen LogP) is 0.670. The molecule has 0 aliphatic carbocycles. The molecule has 0 unspecified atom stereocenters. The van der Waals surface area contributed by atoms with Gasteiger partial charge in [-0.1, -0.05) is 11.6 Å². The molecule has 0 aromatic carbocycles. The van der Waals surface area contributed by atoms with E-state index in [-0.39, 0.29) is 11.6 Å². The van der Waals surface area contributed by atoms with Crippen molar-refractivity contribution in [3.8, 4) is 0 Å². The number of halogens is 1. The molecule has 0 saturated carbocycles. The van der Waals surface area contributed by atoms with Gasteiger partial charge in [-0.3, -0.25) is 4.79 Å². The number of sulfonamides is 1. The van der Waals surface area contributed by atoms with E-state index in [4.69, 9.17) is 17.3 Å². The van der Waals surface area contributed by atoms with Crippen molar-refractivity contribution in [2.24, 2.45) is 5.73 Å². The Morgan fingerprint density at radius 1 is 1.48 bits per heavy atom. The van der Waals surface area contributed by atoms with Gasteiger partial charge >= 0.3 is 0 Å². The van der Waals surface area contributed by atoms with E-state index in [1.54, 1.807) is 0 Å². The van der Waals surface area contributed by atoms with Crippen molar-refractivity contribution >= 4 is 33.3 Å². The van der Waals surface area contributed by atoms with Crippen LogP contribution < -0.4 is 11.1 Å². The van der Waals surface area contributed by atoms with E-state index in [1.165, 1.54) is 22.8 Å². The number of rotatable bonds is 4. The van der Waals surface area contributed by atoms with Crippen molar-refractivity contribution < 1.29 is 13.2 Å². The van der Waals surface area contributed by atoms with Gasteiger partial charge in [0.1, 0.15) is 5.82 Å². The first kappa shape index (κ1) is 16.0. The highest BCUT2D eigenvalue weighted by Crippen LogP contribution is 2.23. The highest BCUT2D eigenvalue weighted by molar-refractivity contribution is 7.88. The van der Waals surface area contributed by atoms with E-state index >= 15 is 0 Å². The number of nitrogens with one attached hydrogen (secondary N) is 1. The minimum absolute atomic E-state index is 0.0902. The molecule has 1 saturated heterocycles. The first-order valence-corrected chi connectivity index (χ1v) is 8.67. The number of nitrogens with two attached hydrogens (primary N) is 1. The van der Waals surface area contributed by atoms with Crippen LogP contribution in [0.3, 0.4) is 0 Å². The smallest absolute Gasteiger partial charge is 0.250 e. The van der Waals surface area contributed by atoms with E-state index in [2.05, 4.69) is 10.3 Å². The van der Waals surface area contributed by atoms with Crippen LogP contribution in [0.25, 0.3) is 0 Å². The van der Waals surface area contributed by atoms with Crippen molar-refractivity contribution in [2.75, 3.05) is 24.7 Å². The van der Waals surface area contributed by atoms with Crippen LogP contribution in [0.2, 0.25) is 5.02 Å². The van der Waals surface area contributed by atoms with Crippen LogP contribution in [0.15, 0.2) is 12.3 Å². The molecule has 1 fully saturated rings. The summed E-state index contributed by atoms with van der Waals surface area (Å²) in [5.74, 6) is -0.114. The minimum Gasteiger partial charge on any atom is -0.366 e. The fraction of sp³-hybridized carbons (Fsp3) is 0.500. The van der Waals surface area contributed by atoms with Gasteiger partial charge in [-0.15, -0.1) is 0 Å². The van der Waals surface area contributed by atoms with Crippen LogP contribution in [0.1, 0.15) is 23.2 Å². The molecule has 0 bridgehead atoms. The van der Waals surface area contributed by atoms with Crippen LogP contribution in [0, 0.1) is 0 Å². The molecule has 2 heterocycles. The Morgan fingerprint density at radius 2 is 2.10 bits per heavy atom. The maximum Gasteiger partial charge on any atom is 0.250 e. The quantitative estimate of drug-likeness (QED) is 0.843. The molecule has 0 spiro atoms. The van der Waals surface area contributed by atoms with E-state index < -0.39 is 15.9 Å². The van der Waals surface area contributed by atoms with Crippen molar-refractivity contribution in [2.45, 2.75) is 18.9 Å². The average molecular weight is 333 g/mol. The Kier molecular flexibility index (Phi) is 4.70. The number of hydrogen-bond acceptors (Lipinski definition) is 5. The molecule has 21 heavy (non-hydrogen) atoms. The number of amides is 1. The van der Waals surface area contributed by atoms with Crippen LogP contribution in [0.5, 0.6) is 0 Å². The van der Waals surface area contributed by atoms with Gasteiger partial charge in [0.25, 0.3) is 0 Å². The summed E-state index contributed by atoms with van der Waals surface area (Å²) in [6, 6.07) is 1.55. The summed E-state index contributed by atoms with van der Waals surface area (Å²) in [7, 11) is -3.13. The molecule has 0 atom stereocenters. The summed E-state index contributed by atoms with van der Waals surface area (Å²) in [4.78, 5) is 15.1. The first-order chi connectivity index (χ1) is 9.77. The van der Waals surface area contributed by atoms with E-state index in [9.17, 15) is 13.2 Å². The number of anilines is 1. The molecule has 1 aromatic rings. The second kappa shape index (κ2) is 6.17. The first-order valence-electron chi connectivity index (χ1n) is 6.44. The molecule has 2 rings (SSSR count). The summed E-state index contributed by atoms with van der Waals surface area (Å²) in [6.07, 6.45) is 3.91. The zero-order chi connectivity index (χ0) is 15.6. The van der Waals surface area contributed by atoms with Gasteiger partial charge < -0.3 is 11.1 Å². The maximum absolute atomic E-state index is 11.4. The maximum atomic E-state index is 11.4. The molecule has 1 aliphatic heterocycles. The molecular formula is C12H17ClN4O3S. The summed E-state index contributed by atoms with van der Waals surface area (Å²) in [6.45, 7) is 0.932. The van der Waals surface area contributed by atoms with Gasteiger partial charge in [-0.25, -0.2) is 17.7 Å². The topological polar surface area (TPSA) is 105 Å². The normalized spacial score (nSPS) is 17.6. The number of pyridine rings is 1. The third-order valence-corrected chi connectivity index (χ3v) is 4.98. The fourth-order valence-corrected chi connectivity index (χ4v) is 3.30. The number of carbonyl (C=O) groups excluding carboxylic acids is 1. The Hall–Kier alpha value is -1.38. The minimum atomic E-state index is -3.13. The number of hydrogen-bond donors (Lipinski definition) is 2. The average Bonchev–Trinajstić information content (AvgIpc) is 2.40. The molecule has 0 radical (unpaired) electrons. The summed E-state index contributed by atoms with van der Waals surface area (Å²) < 4.78 is 24.3. The lowest BCUT2D eigenvalue weighted by molar-refractivity contribution is 0.1000. The van der Waals surface area contributed by atoms with E-state index in [1.807, 2.05) is 0 Å². The molecule has 116 valence electrons. The second-order valence-corrected chi connectivity index (χ2v) is 7.39. The van der Waals surface area contributed by atoms with Crippen molar-refractivity contribution in [1.82, 2.24) is 9.29 Å². The fourth-order valence-electron chi connectivity index (χ4n) is 2.20. The summed E-state index contributed by atoms with van der Waals surface area (Å²) in [5, 5.41) is 3.49. The number of nitrogens with zero attached hydrogens (tertiary/aromatic N) is 2. The van der Waals surface area contributed by atoms with Gasteiger partial charge in [-0.2, -0.15) is 0 Å². The number of aromatic nitrogens is 1. The van der Waals surface area contributed by atoms with Gasteiger partial charge in [0.05, 0.1) is 16.8 Å². The Balaban J connectivity index is 1.99. The van der Waals surface area contributed by atoms with Gasteiger partial charge in [0.2, 0.25) is 15.9 Å². The predicted molar refractivity (Wildman–Crippen MR) is 80.8 cm³/mol. The largest absolute Gasteiger partial charge is 0.366 e. The molecule has 7 nitrogen and oxygen atoms in total. The van der Waals surface area contributed by atoms with Gasteiger partial charge in [0, 0.05) is 25.3 Å². The zero-order valence-corrected chi connectivity index (χ0v) is 13.1. The van der Waals surface area contributed by atoms with Crippen LogP contribution >= 0.6 is 11.6 Å². The number of carbonyl (C=O) groups is 1. The molecular weight excluding hydrogens is 316 g/mol. The van der Waals surface area contributed by atoms with Crippen LogP contribution in [0.4, 0.5) is 5.82 Å². The van der Waals surface area contributed by atoms with Crippen molar-refractivity contribution in [3.63, 3.8) is 0 Å². The van der Waals surface area contributed by atoms with Crippen molar-refractivity contribution in [3.05, 3.63) is 22.8 Å². The monoisotopic (exact) mass is 332 g/mol. The lowest BCUT2D eigenvalue weighted by Crippen LogP contribution is -2.41. The molecule has 3 N–H and O–H groups in total. The number of primary amides is 1. The lowest BCUT2D eigenvalue weighted by atomic mass is 10.1. The van der Waals surface area contributed by atoms with E-state index in [0.717, 1.165) is 0 Å². The molecule has 1 amide bonds. The molecule has 9 heteroatoms. The van der Waals surface area contributed by atoms with Gasteiger partial charge in [-0.05, 0) is 18.9 Å². The third-order valence-electron chi connectivity index (χ3n) is 3.39.